The number of furan rings is 1. The van der Waals surface area contributed by atoms with Gasteiger partial charge in [-0.05, 0) is 30.3 Å². The standard InChI is InChI=1S/C16H18N2O6S/c1-23-16(20)12-5-3-6-13(9-12)17-15(19)11-18(25(2,21)22)10-14-7-4-8-24-14/h3-9H,10-11H2,1-2H3,(H,17,19). The van der Waals surface area contributed by atoms with Gasteiger partial charge in [0.05, 0.1) is 38.3 Å². The van der Waals surface area contributed by atoms with E-state index < -0.39 is 21.9 Å². The minimum absolute atomic E-state index is 0.0541. The van der Waals surface area contributed by atoms with E-state index in [1.807, 2.05) is 0 Å². The van der Waals surface area contributed by atoms with Crippen molar-refractivity contribution in [1.82, 2.24) is 4.31 Å². The molecule has 9 heteroatoms. The van der Waals surface area contributed by atoms with Gasteiger partial charge in [-0.3, -0.25) is 4.79 Å². The second kappa shape index (κ2) is 7.95. The molecule has 0 fully saturated rings. The summed E-state index contributed by atoms with van der Waals surface area (Å²) in [5.41, 5.74) is 0.634. The summed E-state index contributed by atoms with van der Waals surface area (Å²) in [4.78, 5) is 23.7. The number of ether oxygens (including phenoxy) is 1. The highest BCUT2D eigenvalue weighted by atomic mass is 32.2. The van der Waals surface area contributed by atoms with Crippen molar-refractivity contribution in [2.75, 3.05) is 25.2 Å². The van der Waals surface area contributed by atoms with Crippen LogP contribution in [0.2, 0.25) is 0 Å². The number of nitrogens with zero attached hydrogens (tertiary/aromatic N) is 1. The number of rotatable bonds is 7. The van der Waals surface area contributed by atoms with E-state index in [1.54, 1.807) is 30.3 Å². The predicted octanol–water partition coefficient (Wildman–Crippen LogP) is 1.47. The largest absolute Gasteiger partial charge is 0.468 e. The Labute approximate surface area is 145 Å². The summed E-state index contributed by atoms with van der Waals surface area (Å²) in [6, 6.07) is 9.41. The Hall–Kier alpha value is -2.65. The molecule has 134 valence electrons. The first-order valence-corrected chi connectivity index (χ1v) is 9.10. The van der Waals surface area contributed by atoms with Crippen LogP contribution in [-0.4, -0.2) is 44.5 Å². The lowest BCUT2D eigenvalue weighted by atomic mass is 10.2. The molecule has 8 nitrogen and oxygen atoms in total. The van der Waals surface area contributed by atoms with Gasteiger partial charge < -0.3 is 14.5 Å². The van der Waals surface area contributed by atoms with Crippen molar-refractivity contribution in [3.8, 4) is 0 Å². The Morgan fingerprint density at radius 3 is 2.60 bits per heavy atom. The van der Waals surface area contributed by atoms with Crippen molar-refractivity contribution < 1.29 is 27.2 Å². The molecule has 0 saturated heterocycles. The van der Waals surface area contributed by atoms with Crippen LogP contribution in [0, 0.1) is 0 Å². The fourth-order valence-corrected chi connectivity index (χ4v) is 2.78. The highest BCUT2D eigenvalue weighted by Gasteiger charge is 2.21. The van der Waals surface area contributed by atoms with Crippen LogP contribution in [0.4, 0.5) is 5.69 Å². The van der Waals surface area contributed by atoms with Gasteiger partial charge in [0.25, 0.3) is 0 Å². The monoisotopic (exact) mass is 366 g/mol. The number of sulfonamides is 1. The number of hydrogen-bond donors (Lipinski definition) is 1. The van der Waals surface area contributed by atoms with Gasteiger partial charge in [0.15, 0.2) is 0 Å². The number of nitrogens with one attached hydrogen (secondary N) is 1. The van der Waals surface area contributed by atoms with Crippen molar-refractivity contribution in [2.24, 2.45) is 0 Å². The molecule has 0 unspecified atom stereocenters. The van der Waals surface area contributed by atoms with E-state index in [2.05, 4.69) is 10.1 Å². The lowest BCUT2D eigenvalue weighted by Crippen LogP contribution is -2.36. The van der Waals surface area contributed by atoms with Crippen LogP contribution in [0.5, 0.6) is 0 Å². The molecule has 0 bridgehead atoms. The third-order valence-electron chi connectivity index (χ3n) is 3.27. The van der Waals surface area contributed by atoms with Crippen LogP contribution in [0.15, 0.2) is 47.1 Å². The molecule has 1 N–H and O–H groups in total. The molecule has 2 aromatic rings. The summed E-state index contributed by atoms with van der Waals surface area (Å²) in [6.45, 7) is -0.441. The van der Waals surface area contributed by atoms with Crippen molar-refractivity contribution in [1.29, 1.82) is 0 Å². The van der Waals surface area contributed by atoms with Crippen LogP contribution in [0.3, 0.4) is 0 Å². The molecule has 1 aromatic carbocycles. The van der Waals surface area contributed by atoms with Crippen LogP contribution in [0.25, 0.3) is 0 Å². The van der Waals surface area contributed by atoms with E-state index in [4.69, 9.17) is 4.42 Å². The number of carbonyl (C=O) groups is 2. The number of esters is 1. The SMILES string of the molecule is COC(=O)c1cccc(NC(=O)CN(Cc2ccco2)S(C)(=O)=O)c1. The molecule has 1 amide bonds. The normalized spacial score (nSPS) is 11.3. The number of anilines is 1. The molecule has 1 aromatic heterocycles. The van der Waals surface area contributed by atoms with E-state index >= 15 is 0 Å². The number of methoxy groups -OCH3 is 1. The highest BCUT2D eigenvalue weighted by Crippen LogP contribution is 2.13. The number of hydrogen-bond acceptors (Lipinski definition) is 6. The van der Waals surface area contributed by atoms with Crippen LogP contribution >= 0.6 is 0 Å². The van der Waals surface area contributed by atoms with Crippen molar-refractivity contribution in [2.45, 2.75) is 6.54 Å². The van der Waals surface area contributed by atoms with E-state index in [0.717, 1.165) is 10.6 Å². The highest BCUT2D eigenvalue weighted by molar-refractivity contribution is 7.88. The molecule has 25 heavy (non-hydrogen) atoms. The Morgan fingerprint density at radius 1 is 1.24 bits per heavy atom. The molecule has 0 atom stereocenters. The molecule has 0 aliphatic carbocycles. The quantitative estimate of drug-likeness (QED) is 0.744. The van der Waals surface area contributed by atoms with Gasteiger partial charge in [-0.2, -0.15) is 4.31 Å². The van der Waals surface area contributed by atoms with Crippen molar-refractivity contribution in [3.63, 3.8) is 0 Å². The van der Waals surface area contributed by atoms with Crippen molar-refractivity contribution in [3.05, 3.63) is 54.0 Å². The van der Waals surface area contributed by atoms with Crippen LogP contribution in [0.1, 0.15) is 16.1 Å². The fourth-order valence-electron chi connectivity index (χ4n) is 2.07. The summed E-state index contributed by atoms with van der Waals surface area (Å²) in [7, 11) is -2.36. The maximum atomic E-state index is 12.2. The third-order valence-corrected chi connectivity index (χ3v) is 4.46. The van der Waals surface area contributed by atoms with Crippen LogP contribution in [-0.2, 0) is 26.1 Å². The Balaban J connectivity index is 2.07. The molecular weight excluding hydrogens is 348 g/mol. The lowest BCUT2D eigenvalue weighted by Gasteiger charge is -2.18. The topological polar surface area (TPSA) is 106 Å². The first kappa shape index (κ1) is 18.7. The zero-order valence-electron chi connectivity index (χ0n) is 13.8. The van der Waals surface area contributed by atoms with E-state index in [9.17, 15) is 18.0 Å². The van der Waals surface area contributed by atoms with Gasteiger partial charge in [0.1, 0.15) is 5.76 Å². The predicted molar refractivity (Wildman–Crippen MR) is 90.4 cm³/mol. The Bertz CT molecular complexity index is 845. The fraction of sp³-hybridized carbons (Fsp3) is 0.250. The zero-order valence-corrected chi connectivity index (χ0v) is 14.6. The number of carbonyl (C=O) groups excluding carboxylic acids is 2. The first-order valence-electron chi connectivity index (χ1n) is 7.25. The minimum atomic E-state index is -3.62. The van der Waals surface area contributed by atoms with Gasteiger partial charge in [0, 0.05) is 5.69 Å². The lowest BCUT2D eigenvalue weighted by molar-refractivity contribution is -0.116. The van der Waals surface area contributed by atoms with E-state index in [1.165, 1.54) is 19.4 Å². The Morgan fingerprint density at radius 2 is 2.00 bits per heavy atom. The Kier molecular flexibility index (Phi) is 5.94. The second-order valence-electron chi connectivity index (χ2n) is 5.23. The molecule has 0 aliphatic heterocycles. The summed E-state index contributed by atoms with van der Waals surface area (Å²) >= 11 is 0. The minimum Gasteiger partial charge on any atom is -0.468 e. The molecular formula is C16H18N2O6S. The van der Waals surface area contributed by atoms with Gasteiger partial charge in [-0.15, -0.1) is 0 Å². The molecule has 0 aliphatic rings. The zero-order chi connectivity index (χ0) is 18.4. The molecule has 0 spiro atoms. The average molecular weight is 366 g/mol. The average Bonchev–Trinajstić information content (AvgIpc) is 3.06. The van der Waals surface area contributed by atoms with Gasteiger partial charge in [-0.1, -0.05) is 6.07 Å². The van der Waals surface area contributed by atoms with Gasteiger partial charge >= 0.3 is 5.97 Å². The van der Waals surface area contributed by atoms with Crippen molar-refractivity contribution >= 4 is 27.6 Å². The van der Waals surface area contributed by atoms with Gasteiger partial charge in [0.2, 0.25) is 15.9 Å². The van der Waals surface area contributed by atoms with E-state index in [0.29, 0.717) is 11.4 Å². The van der Waals surface area contributed by atoms with Gasteiger partial charge in [-0.25, -0.2) is 13.2 Å². The second-order valence-corrected chi connectivity index (χ2v) is 7.21. The summed E-state index contributed by atoms with van der Waals surface area (Å²) in [6.07, 6.45) is 2.44. The molecule has 2 rings (SSSR count). The third kappa shape index (κ3) is 5.44. The smallest absolute Gasteiger partial charge is 0.337 e. The maximum absolute atomic E-state index is 12.2. The summed E-state index contributed by atoms with van der Waals surface area (Å²) < 4.78 is 34.5. The van der Waals surface area contributed by atoms with E-state index in [-0.39, 0.29) is 18.7 Å². The number of amides is 1. The first-order chi connectivity index (χ1) is 11.8. The summed E-state index contributed by atoms with van der Waals surface area (Å²) in [5, 5.41) is 2.56. The van der Waals surface area contributed by atoms with Crippen LogP contribution < -0.4 is 5.32 Å². The summed E-state index contributed by atoms with van der Waals surface area (Å²) in [5.74, 6) is -0.656. The molecule has 0 saturated carbocycles. The molecule has 0 radical (unpaired) electrons. The molecule has 1 heterocycles. The number of benzene rings is 1. The maximum Gasteiger partial charge on any atom is 0.337 e.